The number of aromatic nitrogens is 1. The summed E-state index contributed by atoms with van der Waals surface area (Å²) in [6, 6.07) is 11.6. The van der Waals surface area contributed by atoms with Crippen LogP contribution in [0, 0.1) is 0 Å². The summed E-state index contributed by atoms with van der Waals surface area (Å²) in [7, 11) is 0. The second kappa shape index (κ2) is 6.62. The van der Waals surface area contributed by atoms with E-state index in [1.807, 2.05) is 65.9 Å². The van der Waals surface area contributed by atoms with Gasteiger partial charge in [-0.1, -0.05) is 11.6 Å². The molecule has 0 aliphatic carbocycles. The highest BCUT2D eigenvalue weighted by Gasteiger charge is 2.13. The van der Waals surface area contributed by atoms with Crippen LogP contribution in [0.25, 0.3) is 5.69 Å². The van der Waals surface area contributed by atoms with Crippen LogP contribution < -0.4 is 0 Å². The fourth-order valence-corrected chi connectivity index (χ4v) is 2.38. The Morgan fingerprint density at radius 1 is 1.15 bits per heavy atom. The Kier molecular flexibility index (Phi) is 4.85. The second-order valence-electron chi connectivity index (χ2n) is 4.59. The van der Waals surface area contributed by atoms with Crippen LogP contribution in [0.2, 0.25) is 5.02 Å². The molecule has 0 aliphatic rings. The molecule has 1 aromatic carbocycles. The van der Waals surface area contributed by atoms with Crippen molar-refractivity contribution < 1.29 is 4.79 Å². The van der Waals surface area contributed by atoms with Crippen molar-refractivity contribution in [3.05, 3.63) is 53.3 Å². The lowest BCUT2D eigenvalue weighted by atomic mass is 10.2. The summed E-state index contributed by atoms with van der Waals surface area (Å²) in [4.78, 5) is 14.0. The first-order valence-corrected chi connectivity index (χ1v) is 7.23. The smallest absolute Gasteiger partial charge is 0.228 e. The minimum atomic E-state index is 0.156. The van der Waals surface area contributed by atoms with E-state index in [1.165, 1.54) is 0 Å². The van der Waals surface area contributed by atoms with Gasteiger partial charge in [-0.15, -0.1) is 0 Å². The first-order valence-electron chi connectivity index (χ1n) is 6.85. The molecule has 1 amide bonds. The van der Waals surface area contributed by atoms with Gasteiger partial charge < -0.3 is 9.47 Å². The lowest BCUT2D eigenvalue weighted by Crippen LogP contribution is -2.32. The fourth-order valence-electron chi connectivity index (χ4n) is 2.26. The highest BCUT2D eigenvalue weighted by molar-refractivity contribution is 6.30. The number of hydrogen-bond donors (Lipinski definition) is 0. The molecule has 1 aromatic heterocycles. The van der Waals surface area contributed by atoms with Crippen molar-refractivity contribution in [1.82, 2.24) is 9.47 Å². The Morgan fingerprint density at radius 2 is 1.80 bits per heavy atom. The Morgan fingerprint density at radius 3 is 2.40 bits per heavy atom. The highest BCUT2D eigenvalue weighted by atomic mass is 35.5. The van der Waals surface area contributed by atoms with Gasteiger partial charge in [0.25, 0.3) is 0 Å². The summed E-state index contributed by atoms with van der Waals surface area (Å²) in [6.07, 6.45) is 2.38. The van der Waals surface area contributed by atoms with Crippen LogP contribution in [-0.2, 0) is 11.2 Å². The first-order chi connectivity index (χ1) is 9.65. The third-order valence-electron chi connectivity index (χ3n) is 3.39. The number of carbonyl (C=O) groups is 1. The van der Waals surface area contributed by atoms with E-state index in [9.17, 15) is 4.79 Å². The molecule has 0 saturated heterocycles. The summed E-state index contributed by atoms with van der Waals surface area (Å²) in [5.74, 6) is 0.156. The molecule has 2 rings (SSSR count). The van der Waals surface area contributed by atoms with Gasteiger partial charge in [0, 0.05) is 35.7 Å². The lowest BCUT2D eigenvalue weighted by Gasteiger charge is -2.19. The van der Waals surface area contributed by atoms with E-state index in [0.29, 0.717) is 11.4 Å². The molecule has 2 aromatic rings. The number of halogens is 1. The van der Waals surface area contributed by atoms with Crippen molar-refractivity contribution in [1.29, 1.82) is 0 Å². The molecule has 0 spiro atoms. The summed E-state index contributed by atoms with van der Waals surface area (Å²) in [6.45, 7) is 5.49. The molecule has 106 valence electrons. The van der Waals surface area contributed by atoms with Crippen molar-refractivity contribution in [2.24, 2.45) is 0 Å². The zero-order chi connectivity index (χ0) is 14.5. The molecule has 4 heteroatoms. The SMILES string of the molecule is CCN(CC)C(=O)Cc1cccn1-c1ccc(Cl)cc1. The van der Waals surface area contributed by atoms with E-state index in [-0.39, 0.29) is 5.91 Å². The Bertz CT molecular complexity index is 570. The van der Waals surface area contributed by atoms with Gasteiger partial charge in [0.05, 0.1) is 6.42 Å². The minimum Gasteiger partial charge on any atom is -0.343 e. The Hall–Kier alpha value is -1.74. The summed E-state index contributed by atoms with van der Waals surface area (Å²) >= 11 is 5.91. The molecule has 0 N–H and O–H groups in total. The fraction of sp³-hybridized carbons (Fsp3) is 0.312. The standard InChI is InChI=1S/C16H19ClN2O/c1-3-18(4-2)16(20)12-15-6-5-11-19(15)14-9-7-13(17)8-10-14/h5-11H,3-4,12H2,1-2H3. The Balaban J connectivity index is 2.21. The second-order valence-corrected chi connectivity index (χ2v) is 5.03. The van der Waals surface area contributed by atoms with E-state index in [4.69, 9.17) is 11.6 Å². The van der Waals surface area contributed by atoms with Crippen molar-refractivity contribution in [2.45, 2.75) is 20.3 Å². The number of amides is 1. The van der Waals surface area contributed by atoms with Crippen LogP contribution >= 0.6 is 11.6 Å². The zero-order valence-corrected chi connectivity index (χ0v) is 12.6. The average molecular weight is 291 g/mol. The zero-order valence-electron chi connectivity index (χ0n) is 11.8. The molecule has 0 atom stereocenters. The number of hydrogen-bond acceptors (Lipinski definition) is 1. The highest BCUT2D eigenvalue weighted by Crippen LogP contribution is 2.17. The number of carbonyl (C=O) groups excluding carboxylic acids is 1. The molecular weight excluding hydrogens is 272 g/mol. The van der Waals surface area contributed by atoms with Gasteiger partial charge in [-0.2, -0.15) is 0 Å². The predicted octanol–water partition coefficient (Wildman–Crippen LogP) is 3.54. The molecule has 20 heavy (non-hydrogen) atoms. The van der Waals surface area contributed by atoms with E-state index >= 15 is 0 Å². The average Bonchev–Trinajstić information content (AvgIpc) is 2.89. The van der Waals surface area contributed by atoms with Gasteiger partial charge in [-0.25, -0.2) is 0 Å². The first kappa shape index (κ1) is 14.7. The van der Waals surface area contributed by atoms with E-state index in [0.717, 1.165) is 24.5 Å². The van der Waals surface area contributed by atoms with Crippen molar-refractivity contribution in [2.75, 3.05) is 13.1 Å². The summed E-state index contributed by atoms with van der Waals surface area (Å²) in [5, 5.41) is 0.710. The number of nitrogens with zero attached hydrogens (tertiary/aromatic N) is 2. The van der Waals surface area contributed by atoms with Gasteiger partial charge in [0.2, 0.25) is 5.91 Å². The largest absolute Gasteiger partial charge is 0.343 e. The van der Waals surface area contributed by atoms with Gasteiger partial charge in [0.1, 0.15) is 0 Å². The number of likely N-dealkylation sites (N-methyl/N-ethyl adjacent to an activating group) is 1. The molecule has 0 fully saturated rings. The maximum absolute atomic E-state index is 12.2. The molecule has 0 saturated carbocycles. The molecule has 3 nitrogen and oxygen atoms in total. The van der Waals surface area contributed by atoms with Crippen LogP contribution in [-0.4, -0.2) is 28.5 Å². The van der Waals surface area contributed by atoms with Crippen LogP contribution in [0.15, 0.2) is 42.6 Å². The van der Waals surface area contributed by atoms with Gasteiger partial charge in [-0.3, -0.25) is 4.79 Å². The summed E-state index contributed by atoms with van der Waals surface area (Å²) in [5.41, 5.74) is 2.01. The number of rotatable bonds is 5. The lowest BCUT2D eigenvalue weighted by molar-refractivity contribution is -0.130. The topological polar surface area (TPSA) is 25.2 Å². The monoisotopic (exact) mass is 290 g/mol. The quantitative estimate of drug-likeness (QED) is 0.827. The van der Waals surface area contributed by atoms with Crippen molar-refractivity contribution in [3.63, 3.8) is 0 Å². The predicted molar refractivity (Wildman–Crippen MR) is 82.4 cm³/mol. The maximum Gasteiger partial charge on any atom is 0.228 e. The molecule has 0 unspecified atom stereocenters. The maximum atomic E-state index is 12.2. The minimum absolute atomic E-state index is 0.156. The third-order valence-corrected chi connectivity index (χ3v) is 3.64. The number of benzene rings is 1. The molecule has 1 heterocycles. The van der Waals surface area contributed by atoms with E-state index in [2.05, 4.69) is 0 Å². The van der Waals surface area contributed by atoms with Crippen LogP contribution in [0.1, 0.15) is 19.5 Å². The molecule has 0 aliphatic heterocycles. The van der Waals surface area contributed by atoms with Crippen LogP contribution in [0.4, 0.5) is 0 Å². The molecule has 0 bridgehead atoms. The van der Waals surface area contributed by atoms with E-state index in [1.54, 1.807) is 0 Å². The van der Waals surface area contributed by atoms with E-state index < -0.39 is 0 Å². The molecular formula is C16H19ClN2O. The van der Waals surface area contributed by atoms with Gasteiger partial charge in [0.15, 0.2) is 0 Å². The summed E-state index contributed by atoms with van der Waals surface area (Å²) < 4.78 is 2.03. The van der Waals surface area contributed by atoms with Crippen LogP contribution in [0.3, 0.4) is 0 Å². The Labute approximate surface area is 124 Å². The molecule has 0 radical (unpaired) electrons. The van der Waals surface area contributed by atoms with Crippen molar-refractivity contribution in [3.8, 4) is 5.69 Å². The van der Waals surface area contributed by atoms with Gasteiger partial charge >= 0.3 is 0 Å². The third kappa shape index (κ3) is 3.23. The van der Waals surface area contributed by atoms with Gasteiger partial charge in [-0.05, 0) is 50.2 Å². The normalized spacial score (nSPS) is 10.6. The van der Waals surface area contributed by atoms with Crippen LogP contribution in [0.5, 0.6) is 0 Å². The van der Waals surface area contributed by atoms with Crippen molar-refractivity contribution >= 4 is 17.5 Å².